The van der Waals surface area contributed by atoms with Crippen LogP contribution in [0.5, 0.6) is 5.75 Å². The van der Waals surface area contributed by atoms with E-state index in [9.17, 15) is 4.79 Å². The van der Waals surface area contributed by atoms with Crippen molar-refractivity contribution >= 4 is 11.7 Å². The fourth-order valence-electron chi connectivity index (χ4n) is 2.26. The van der Waals surface area contributed by atoms with Crippen molar-refractivity contribution in [1.29, 1.82) is 0 Å². The van der Waals surface area contributed by atoms with E-state index in [1.807, 2.05) is 46.8 Å². The fourth-order valence-corrected chi connectivity index (χ4v) is 2.26. The standard InChI is InChI=1S/C20H26N2O5/c1-6-16(14-7-9-15(10-8-14)25-12-18(23)24)22-26-11-17-13(2)27-19(21-17)20(3,4)5/h7-10H,6,11-12H2,1-5H3,(H,23,24). The zero-order chi connectivity index (χ0) is 20.0. The first-order valence-electron chi connectivity index (χ1n) is 8.81. The van der Waals surface area contributed by atoms with Gasteiger partial charge in [0.25, 0.3) is 0 Å². The lowest BCUT2D eigenvalue weighted by molar-refractivity contribution is -0.139. The van der Waals surface area contributed by atoms with Gasteiger partial charge < -0.3 is 19.1 Å². The van der Waals surface area contributed by atoms with Crippen LogP contribution in [0.4, 0.5) is 0 Å². The molecule has 7 heteroatoms. The van der Waals surface area contributed by atoms with E-state index in [0.717, 1.165) is 22.7 Å². The molecule has 0 aliphatic rings. The van der Waals surface area contributed by atoms with Gasteiger partial charge in [-0.3, -0.25) is 0 Å². The number of ether oxygens (including phenoxy) is 1. The molecule has 0 bridgehead atoms. The lowest BCUT2D eigenvalue weighted by Gasteiger charge is -2.11. The number of aliphatic carboxylic acids is 1. The van der Waals surface area contributed by atoms with Crippen LogP contribution in [-0.2, 0) is 21.7 Å². The normalized spacial score (nSPS) is 12.1. The Morgan fingerprint density at radius 2 is 1.93 bits per heavy atom. The van der Waals surface area contributed by atoms with E-state index in [-0.39, 0.29) is 18.6 Å². The minimum Gasteiger partial charge on any atom is -0.482 e. The van der Waals surface area contributed by atoms with Crippen LogP contribution in [0, 0.1) is 6.92 Å². The molecule has 7 nitrogen and oxygen atoms in total. The number of aromatic nitrogens is 1. The molecular weight excluding hydrogens is 348 g/mol. The summed E-state index contributed by atoms with van der Waals surface area (Å²) in [6.45, 7) is 9.83. The molecule has 1 heterocycles. The predicted molar refractivity (Wildman–Crippen MR) is 101 cm³/mol. The van der Waals surface area contributed by atoms with Crippen LogP contribution in [0.2, 0.25) is 0 Å². The second-order valence-corrected chi connectivity index (χ2v) is 7.14. The summed E-state index contributed by atoms with van der Waals surface area (Å²) in [7, 11) is 0. The molecule has 1 N–H and O–H groups in total. The Balaban J connectivity index is 2.02. The number of nitrogens with zero attached hydrogens (tertiary/aromatic N) is 2. The van der Waals surface area contributed by atoms with E-state index in [2.05, 4.69) is 10.1 Å². The highest BCUT2D eigenvalue weighted by atomic mass is 16.6. The summed E-state index contributed by atoms with van der Waals surface area (Å²) in [6.07, 6.45) is 0.681. The summed E-state index contributed by atoms with van der Waals surface area (Å²) in [5.74, 6) is 0.884. The molecule has 0 saturated heterocycles. The third-order valence-electron chi connectivity index (χ3n) is 3.80. The van der Waals surface area contributed by atoms with E-state index < -0.39 is 5.97 Å². The smallest absolute Gasteiger partial charge is 0.341 e. The van der Waals surface area contributed by atoms with Gasteiger partial charge in [-0.1, -0.05) is 32.9 Å². The van der Waals surface area contributed by atoms with Gasteiger partial charge in [0.05, 0.1) is 5.71 Å². The molecule has 27 heavy (non-hydrogen) atoms. The molecule has 0 aliphatic heterocycles. The van der Waals surface area contributed by atoms with E-state index >= 15 is 0 Å². The maximum Gasteiger partial charge on any atom is 0.341 e. The number of carbonyl (C=O) groups is 1. The third-order valence-corrected chi connectivity index (χ3v) is 3.80. The van der Waals surface area contributed by atoms with Gasteiger partial charge in [-0.15, -0.1) is 0 Å². The zero-order valence-corrected chi connectivity index (χ0v) is 16.4. The van der Waals surface area contributed by atoms with Gasteiger partial charge in [0.1, 0.15) is 17.2 Å². The van der Waals surface area contributed by atoms with Crippen molar-refractivity contribution < 1.29 is 23.9 Å². The van der Waals surface area contributed by atoms with Crippen molar-refractivity contribution in [3.05, 3.63) is 47.2 Å². The van der Waals surface area contributed by atoms with Gasteiger partial charge in [-0.05, 0) is 43.2 Å². The maximum atomic E-state index is 10.5. The van der Waals surface area contributed by atoms with Crippen LogP contribution in [0.1, 0.15) is 57.0 Å². The van der Waals surface area contributed by atoms with E-state index in [1.54, 1.807) is 12.1 Å². The molecule has 0 radical (unpaired) electrons. The average Bonchev–Trinajstić information content (AvgIpc) is 2.99. The molecule has 0 saturated carbocycles. The molecule has 0 amide bonds. The van der Waals surface area contributed by atoms with Crippen molar-refractivity contribution in [1.82, 2.24) is 4.98 Å². The summed E-state index contributed by atoms with van der Waals surface area (Å²) in [5, 5.41) is 12.9. The van der Waals surface area contributed by atoms with Crippen LogP contribution in [0.3, 0.4) is 0 Å². The summed E-state index contributed by atoms with van der Waals surface area (Å²) < 4.78 is 10.8. The molecule has 2 aromatic rings. The van der Waals surface area contributed by atoms with Crippen molar-refractivity contribution in [2.45, 2.75) is 53.1 Å². The van der Waals surface area contributed by atoms with Crippen LogP contribution in [-0.4, -0.2) is 28.4 Å². The molecule has 0 unspecified atom stereocenters. The number of benzene rings is 1. The maximum absolute atomic E-state index is 10.5. The van der Waals surface area contributed by atoms with Gasteiger partial charge in [-0.25, -0.2) is 9.78 Å². The van der Waals surface area contributed by atoms with Crippen molar-refractivity contribution in [2.24, 2.45) is 5.16 Å². The number of rotatable bonds is 8. The molecule has 0 spiro atoms. The monoisotopic (exact) mass is 374 g/mol. The summed E-state index contributed by atoms with van der Waals surface area (Å²) in [5.41, 5.74) is 2.23. The topological polar surface area (TPSA) is 94.2 Å². The van der Waals surface area contributed by atoms with E-state index in [4.69, 9.17) is 19.1 Å². The fraction of sp³-hybridized carbons (Fsp3) is 0.450. The van der Waals surface area contributed by atoms with Crippen LogP contribution < -0.4 is 4.74 Å². The Hall–Kier alpha value is -2.83. The molecule has 2 rings (SSSR count). The van der Waals surface area contributed by atoms with E-state index in [1.165, 1.54) is 0 Å². The van der Waals surface area contributed by atoms with Crippen LogP contribution >= 0.6 is 0 Å². The predicted octanol–water partition coefficient (Wildman–Crippen LogP) is 4.07. The largest absolute Gasteiger partial charge is 0.482 e. The van der Waals surface area contributed by atoms with Gasteiger partial charge >= 0.3 is 5.97 Å². The number of hydrogen-bond donors (Lipinski definition) is 1. The molecule has 0 aliphatic carbocycles. The quantitative estimate of drug-likeness (QED) is 0.553. The van der Waals surface area contributed by atoms with Gasteiger partial charge in [0, 0.05) is 5.41 Å². The minimum atomic E-state index is -1.01. The Bertz CT molecular complexity index is 801. The second-order valence-electron chi connectivity index (χ2n) is 7.14. The highest BCUT2D eigenvalue weighted by Gasteiger charge is 2.22. The third kappa shape index (κ3) is 5.84. The molecule has 0 fully saturated rings. The number of aryl methyl sites for hydroxylation is 1. The molecule has 0 atom stereocenters. The second kappa shape index (κ2) is 8.70. The highest BCUT2D eigenvalue weighted by Crippen LogP contribution is 2.24. The van der Waals surface area contributed by atoms with Crippen LogP contribution in [0.25, 0.3) is 0 Å². The Morgan fingerprint density at radius 1 is 1.26 bits per heavy atom. The van der Waals surface area contributed by atoms with Gasteiger partial charge in [0.15, 0.2) is 19.1 Å². The minimum absolute atomic E-state index is 0.161. The number of oxime groups is 1. The van der Waals surface area contributed by atoms with Crippen molar-refractivity contribution in [3.8, 4) is 5.75 Å². The molecule has 1 aromatic carbocycles. The summed E-state index contributed by atoms with van der Waals surface area (Å²) in [6, 6.07) is 7.06. The van der Waals surface area contributed by atoms with E-state index in [0.29, 0.717) is 18.1 Å². The number of oxazole rings is 1. The molecular formula is C20H26N2O5. The molecule has 1 aromatic heterocycles. The van der Waals surface area contributed by atoms with Crippen molar-refractivity contribution in [3.63, 3.8) is 0 Å². The number of hydrogen-bond acceptors (Lipinski definition) is 6. The molecule has 146 valence electrons. The average molecular weight is 374 g/mol. The highest BCUT2D eigenvalue weighted by molar-refractivity contribution is 6.00. The summed E-state index contributed by atoms with van der Waals surface area (Å²) >= 11 is 0. The first-order valence-corrected chi connectivity index (χ1v) is 8.81. The number of carboxylic acids is 1. The SMILES string of the molecule is CCC(=NOCc1nc(C(C)(C)C)oc1C)c1ccc(OCC(=O)O)cc1. The van der Waals surface area contributed by atoms with Gasteiger partial charge in [-0.2, -0.15) is 0 Å². The lowest BCUT2D eigenvalue weighted by atomic mass is 9.97. The van der Waals surface area contributed by atoms with Crippen molar-refractivity contribution in [2.75, 3.05) is 6.61 Å². The lowest BCUT2D eigenvalue weighted by Crippen LogP contribution is -2.11. The Kier molecular flexibility index (Phi) is 6.60. The summed E-state index contributed by atoms with van der Waals surface area (Å²) in [4.78, 5) is 20.5. The first kappa shape index (κ1) is 20.5. The van der Waals surface area contributed by atoms with Gasteiger partial charge in [0.2, 0.25) is 0 Å². The van der Waals surface area contributed by atoms with Crippen LogP contribution in [0.15, 0.2) is 33.8 Å². The zero-order valence-electron chi connectivity index (χ0n) is 16.4. The number of carboxylic acid groups (broad SMARTS) is 1. The Labute approximate surface area is 159 Å². The first-order chi connectivity index (χ1) is 12.7. The Morgan fingerprint density at radius 3 is 2.44 bits per heavy atom.